The van der Waals surface area contributed by atoms with Crippen LogP contribution in [0.3, 0.4) is 0 Å². The van der Waals surface area contributed by atoms with Gasteiger partial charge in [0.05, 0.1) is 35.0 Å². The molecule has 2 N–H and O–H groups in total. The summed E-state index contributed by atoms with van der Waals surface area (Å²) < 4.78 is 22.8. The summed E-state index contributed by atoms with van der Waals surface area (Å²) >= 11 is 0. The van der Waals surface area contributed by atoms with Gasteiger partial charge < -0.3 is 10.6 Å². The number of carbonyl (C=O) groups is 2. The Kier molecular flexibility index (Phi) is 8.54. The maximum absolute atomic E-state index is 11.4. The van der Waals surface area contributed by atoms with Gasteiger partial charge in [-0.1, -0.05) is 74.4 Å². The largest absolute Gasteiger partial charge is 0.348 e. The fraction of sp³-hybridized carbons (Fsp3) is 0.500. The molecular weight excluding hydrogens is 564 g/mol. The van der Waals surface area contributed by atoms with Crippen molar-refractivity contribution in [1.82, 2.24) is 30.6 Å². The number of benzene rings is 1. The van der Waals surface area contributed by atoms with Gasteiger partial charge in [0.1, 0.15) is 11.6 Å². The molecule has 3 aliphatic rings. The molecule has 3 aromatic rings. The molecule has 5 heterocycles. The average Bonchev–Trinajstić information content (AvgIpc) is 3.55. The molecule has 0 saturated heterocycles. The Morgan fingerprint density at radius 3 is 1.81 bits per heavy atom. The summed E-state index contributed by atoms with van der Waals surface area (Å²) in [6, 6.07) is 6.17. The number of aromatic nitrogens is 4. The standard InChI is InChI=1S/C12H15NO.C10H13N3O.C10H14N2O2S/c1-12(2,3)9-5-4-8-7-13-11(14)10(8)6-9;1-10(2,3)9-12-4-6-7(13-9)5-11-8(6)14;1-10(2,3)9-11-4-7-5-15(13,14)6-8(7)12-9/h4-6H,7H2,1-3H3,(H,13,14);4H,5H2,1-3H3,(H,11,14);4H,5-6H2,1-3H3. The Balaban J connectivity index is 0.000000148. The Morgan fingerprint density at radius 1 is 0.651 bits per heavy atom. The molecule has 2 amide bonds. The number of sulfone groups is 1. The van der Waals surface area contributed by atoms with Gasteiger partial charge in [-0.15, -0.1) is 0 Å². The first-order valence-corrected chi connectivity index (χ1v) is 16.2. The lowest BCUT2D eigenvalue weighted by Crippen LogP contribution is -2.17. The molecular formula is C32H42N6O4S. The van der Waals surface area contributed by atoms with Gasteiger partial charge in [-0.05, 0) is 22.6 Å². The van der Waals surface area contributed by atoms with E-state index in [-0.39, 0.29) is 39.6 Å². The van der Waals surface area contributed by atoms with E-state index >= 15 is 0 Å². The Labute approximate surface area is 254 Å². The maximum Gasteiger partial charge on any atom is 0.255 e. The molecule has 0 fully saturated rings. The quantitative estimate of drug-likeness (QED) is 0.382. The normalized spacial score (nSPS) is 16.5. The van der Waals surface area contributed by atoms with E-state index in [4.69, 9.17) is 0 Å². The van der Waals surface area contributed by atoms with E-state index in [1.54, 1.807) is 12.4 Å². The number of amides is 2. The van der Waals surface area contributed by atoms with Crippen molar-refractivity contribution in [1.29, 1.82) is 0 Å². The lowest BCUT2D eigenvalue weighted by Gasteiger charge is -2.19. The smallest absolute Gasteiger partial charge is 0.255 e. The molecule has 2 aromatic heterocycles. The van der Waals surface area contributed by atoms with Crippen LogP contribution in [0.5, 0.6) is 0 Å². The summed E-state index contributed by atoms with van der Waals surface area (Å²) in [6.45, 7) is 19.9. The second-order valence-corrected chi connectivity index (χ2v) is 16.3. The molecule has 10 nitrogen and oxygen atoms in total. The summed E-state index contributed by atoms with van der Waals surface area (Å²) in [5.74, 6) is 1.64. The number of carbonyl (C=O) groups excluding carboxylic acids is 2. The zero-order valence-electron chi connectivity index (χ0n) is 26.5. The van der Waals surface area contributed by atoms with Crippen LogP contribution >= 0.6 is 0 Å². The van der Waals surface area contributed by atoms with Crippen molar-refractivity contribution in [2.45, 2.75) is 103 Å². The van der Waals surface area contributed by atoms with Crippen LogP contribution in [0.2, 0.25) is 0 Å². The molecule has 0 radical (unpaired) electrons. The van der Waals surface area contributed by atoms with Gasteiger partial charge in [0.25, 0.3) is 11.8 Å². The molecule has 0 atom stereocenters. The maximum atomic E-state index is 11.4. The highest BCUT2D eigenvalue weighted by atomic mass is 32.2. The minimum Gasteiger partial charge on any atom is -0.348 e. The van der Waals surface area contributed by atoms with E-state index in [1.165, 1.54) is 5.56 Å². The SMILES string of the molecule is CC(C)(C)c1ccc2c(c1)C(=O)NC2.CC(C)(C)c1ncc2c(n1)CNC2=O.CC(C)(C)c1ncc2c(n1)CS(=O)(=O)C2. The molecule has 0 unspecified atom stereocenters. The van der Waals surface area contributed by atoms with Gasteiger partial charge in [0, 0.05) is 40.9 Å². The lowest BCUT2D eigenvalue weighted by molar-refractivity contribution is 0.0957. The van der Waals surface area contributed by atoms with Crippen molar-refractivity contribution in [2.24, 2.45) is 0 Å². The molecule has 230 valence electrons. The van der Waals surface area contributed by atoms with Crippen LogP contribution in [0.15, 0.2) is 30.6 Å². The first kappa shape index (κ1) is 32.2. The minimum absolute atomic E-state index is 0.0612. The predicted octanol–water partition coefficient (Wildman–Crippen LogP) is 4.45. The molecule has 0 bridgehead atoms. The summed E-state index contributed by atoms with van der Waals surface area (Å²) in [4.78, 5) is 39.8. The Hall–Kier alpha value is -3.73. The van der Waals surface area contributed by atoms with Gasteiger partial charge >= 0.3 is 0 Å². The van der Waals surface area contributed by atoms with Gasteiger partial charge in [-0.25, -0.2) is 28.4 Å². The van der Waals surface area contributed by atoms with E-state index in [0.29, 0.717) is 30.2 Å². The first-order valence-electron chi connectivity index (χ1n) is 14.4. The van der Waals surface area contributed by atoms with E-state index in [0.717, 1.165) is 28.2 Å². The van der Waals surface area contributed by atoms with Crippen molar-refractivity contribution in [2.75, 3.05) is 0 Å². The van der Waals surface area contributed by atoms with Crippen LogP contribution in [0, 0.1) is 0 Å². The number of rotatable bonds is 0. The summed E-state index contributed by atoms with van der Waals surface area (Å²) in [6.07, 6.45) is 3.26. The predicted molar refractivity (Wildman–Crippen MR) is 165 cm³/mol. The monoisotopic (exact) mass is 606 g/mol. The van der Waals surface area contributed by atoms with Crippen LogP contribution < -0.4 is 10.6 Å². The molecule has 1 aromatic carbocycles. The van der Waals surface area contributed by atoms with Crippen LogP contribution in [-0.4, -0.2) is 40.2 Å². The molecule has 0 spiro atoms. The van der Waals surface area contributed by atoms with E-state index in [9.17, 15) is 18.0 Å². The van der Waals surface area contributed by atoms with Gasteiger partial charge in [-0.3, -0.25) is 9.59 Å². The molecule has 0 aliphatic carbocycles. The van der Waals surface area contributed by atoms with Gasteiger partial charge in [-0.2, -0.15) is 0 Å². The fourth-order valence-electron chi connectivity index (χ4n) is 4.59. The number of nitrogens with zero attached hydrogens (tertiary/aromatic N) is 4. The minimum atomic E-state index is -2.97. The third-order valence-corrected chi connectivity index (χ3v) is 8.68. The Morgan fingerprint density at radius 2 is 1.21 bits per heavy atom. The number of hydrogen-bond acceptors (Lipinski definition) is 8. The van der Waals surface area contributed by atoms with Crippen molar-refractivity contribution < 1.29 is 18.0 Å². The van der Waals surface area contributed by atoms with E-state index in [1.807, 2.05) is 32.9 Å². The highest BCUT2D eigenvalue weighted by Gasteiger charge is 2.29. The fourth-order valence-corrected chi connectivity index (χ4v) is 6.07. The van der Waals surface area contributed by atoms with Crippen molar-refractivity contribution >= 4 is 21.7 Å². The zero-order valence-corrected chi connectivity index (χ0v) is 27.4. The van der Waals surface area contributed by atoms with Crippen LogP contribution in [0.4, 0.5) is 0 Å². The summed E-state index contributed by atoms with van der Waals surface area (Å²) in [7, 11) is -2.97. The van der Waals surface area contributed by atoms with Gasteiger partial charge in [0.2, 0.25) is 0 Å². The van der Waals surface area contributed by atoms with Crippen LogP contribution in [0.25, 0.3) is 0 Å². The molecule has 0 saturated carbocycles. The van der Waals surface area contributed by atoms with E-state index in [2.05, 4.69) is 78.2 Å². The molecule has 3 aliphatic heterocycles. The second-order valence-electron chi connectivity index (χ2n) is 14.2. The van der Waals surface area contributed by atoms with Crippen molar-refractivity contribution in [3.63, 3.8) is 0 Å². The van der Waals surface area contributed by atoms with Crippen molar-refractivity contribution in [3.8, 4) is 0 Å². The molecule has 43 heavy (non-hydrogen) atoms. The third kappa shape index (κ3) is 7.62. The van der Waals surface area contributed by atoms with Crippen molar-refractivity contribution in [3.05, 3.63) is 81.4 Å². The number of hydrogen-bond donors (Lipinski definition) is 2. The highest BCUT2D eigenvalue weighted by molar-refractivity contribution is 7.90. The first-order chi connectivity index (χ1) is 19.7. The number of fused-ring (bicyclic) bond motifs is 3. The third-order valence-electron chi connectivity index (χ3n) is 7.22. The topological polar surface area (TPSA) is 144 Å². The zero-order chi connectivity index (χ0) is 32.0. The van der Waals surface area contributed by atoms with Gasteiger partial charge in [0.15, 0.2) is 9.84 Å². The molecule has 11 heteroatoms. The van der Waals surface area contributed by atoms with Crippen LogP contribution in [-0.2, 0) is 50.7 Å². The Bertz CT molecular complexity index is 1680. The average molecular weight is 607 g/mol. The van der Waals surface area contributed by atoms with Crippen LogP contribution in [0.1, 0.15) is 123 Å². The molecule has 6 rings (SSSR count). The number of nitrogens with one attached hydrogen (secondary N) is 2. The highest BCUT2D eigenvalue weighted by Crippen LogP contribution is 2.27. The lowest BCUT2D eigenvalue weighted by atomic mass is 9.85. The summed E-state index contributed by atoms with van der Waals surface area (Å²) in [5, 5.41) is 5.55. The summed E-state index contributed by atoms with van der Waals surface area (Å²) in [5.41, 5.74) is 5.93. The second kappa shape index (κ2) is 11.4. The van der Waals surface area contributed by atoms with E-state index < -0.39 is 9.84 Å².